The Labute approximate surface area is 430 Å². The van der Waals surface area contributed by atoms with Crippen LogP contribution in [-0.2, 0) is 41.6 Å². The minimum Gasteiger partial charge on any atom is -0.507 e. The number of aromatic hydroxyl groups is 1. The van der Waals surface area contributed by atoms with Gasteiger partial charge in [-0.1, -0.05) is 23.3 Å². The molecule has 2 atom stereocenters. The highest BCUT2D eigenvalue weighted by atomic mass is 16.5. The maximum absolute atomic E-state index is 14.6. The maximum Gasteiger partial charge on any atom is 0.338 e. The van der Waals surface area contributed by atoms with Crippen LogP contribution in [0.1, 0.15) is 109 Å². The molecule has 18 N–H and O–H groups in total. The zero-order chi connectivity index (χ0) is 54.9. The Morgan fingerprint density at radius 3 is 1.92 bits per heavy atom. The normalized spacial score (nSPS) is 12.0. The molecule has 3 rings (SSSR count). The number of guanidine groups is 2. The van der Waals surface area contributed by atoms with Gasteiger partial charge in [0.25, 0.3) is 5.91 Å². The van der Waals surface area contributed by atoms with Crippen molar-refractivity contribution in [2.24, 2.45) is 33.7 Å². The number of carbonyl (C=O) groups excluding carboxylic acids is 5. The van der Waals surface area contributed by atoms with Crippen molar-refractivity contribution in [3.8, 4) is 23.0 Å². The van der Waals surface area contributed by atoms with E-state index in [1.807, 2.05) is 39.8 Å². The number of benzene rings is 2. The summed E-state index contributed by atoms with van der Waals surface area (Å²) in [6.45, 7) is 8.85. The number of nitrogens with one attached hydrogen (secondary N) is 4. The first-order valence-electron chi connectivity index (χ1n) is 24.7. The number of esters is 1. The summed E-state index contributed by atoms with van der Waals surface area (Å²) in [6, 6.07) is 0.892. The molecule has 0 saturated carbocycles. The van der Waals surface area contributed by atoms with Gasteiger partial charge in [-0.2, -0.15) is 0 Å². The van der Waals surface area contributed by atoms with E-state index in [4.69, 9.17) is 52.0 Å². The average Bonchev–Trinajstić information content (AvgIpc) is 3.33. The number of primary amides is 1. The number of allylic oxidation sites excluding steroid dienone is 4. The number of unbranched alkanes of at least 4 members (excludes halogenated alkanes) is 1. The molecule has 0 aliphatic carbocycles. The van der Waals surface area contributed by atoms with Gasteiger partial charge in [0.15, 0.2) is 11.5 Å². The monoisotopic (exact) mass is 1040 g/mol. The average molecular weight is 1040 g/mol. The van der Waals surface area contributed by atoms with Crippen molar-refractivity contribution in [2.75, 3.05) is 47.1 Å². The molecule has 0 saturated heterocycles. The standard InChI is InChI=1S/C51H75N11O12/c1-29(2)18-20-31-36(27-38-43(44(31)65)45(66)42-32(21-19-30(3)4)46(70-5)39(28-37(42)74-38)73-25-11-16-40(53)63)72-26-12-17-41(64)60-33(14-9-23-58-50(54)55)47(67)61-34(13-7-8-22-52)48(68)62-35(49(69)71-6)15-10-24-59-51(56)57/h18-19,27-28,34-35,65H,7-17,20-26,52H2,1-6H3,(H2,53,63)(H,61,67)(H,62,68)(H4,54,55,58)(H4,56,57,59)/p+3/t34-,35?/m1/s1. The molecular formula is C51H78N11O12+3. The van der Waals surface area contributed by atoms with Crippen LogP contribution in [-0.4, -0.2) is 111 Å². The minimum atomic E-state index is -1.12. The Kier molecular flexibility index (Phi) is 25.4. The molecule has 0 spiro atoms. The number of hydrogen-bond donors (Lipinski definition) is 11. The maximum atomic E-state index is 14.6. The van der Waals surface area contributed by atoms with Gasteiger partial charge in [0.2, 0.25) is 23.2 Å². The van der Waals surface area contributed by atoms with Crippen LogP contribution in [0.2, 0.25) is 0 Å². The fourth-order valence-electron chi connectivity index (χ4n) is 7.65. The fourth-order valence-corrected chi connectivity index (χ4v) is 7.65. The van der Waals surface area contributed by atoms with Crippen LogP contribution in [0.25, 0.3) is 21.9 Å². The molecule has 4 amide bonds. The second kappa shape index (κ2) is 31.0. The van der Waals surface area contributed by atoms with Crippen molar-refractivity contribution in [2.45, 2.75) is 123 Å². The van der Waals surface area contributed by atoms with Crippen LogP contribution < -0.4 is 74.7 Å². The van der Waals surface area contributed by atoms with Gasteiger partial charge in [0, 0.05) is 36.1 Å². The molecule has 1 aromatic heterocycles. The SMILES string of the molecule is COC(=O)C(CCC[NH+]=C(N)N)NC(=O)[C@@H](CCCC[NH3+])NC(=O)C(CCC[NH+]=C(N)N)=NC(=O)CCCOc1cc2oc3cc(OCCCC(N)=O)c(OC)c(CC=C(C)C)c3c(=O)c2c(O)c1CC=C(C)C. The number of phenols is 1. The highest BCUT2D eigenvalue weighted by molar-refractivity contribution is 6.40. The zero-order valence-electron chi connectivity index (χ0n) is 43.7. The fraction of sp³-hybridized carbons (Fsp3) is 0.510. The molecule has 0 bridgehead atoms. The van der Waals surface area contributed by atoms with Crippen molar-refractivity contribution < 1.29 is 68.2 Å². The van der Waals surface area contributed by atoms with E-state index in [9.17, 15) is 33.9 Å². The first-order valence-corrected chi connectivity index (χ1v) is 24.7. The summed E-state index contributed by atoms with van der Waals surface area (Å²) >= 11 is 0. The van der Waals surface area contributed by atoms with Gasteiger partial charge in [-0.3, -0.25) is 56.9 Å². The third kappa shape index (κ3) is 19.4. The van der Waals surface area contributed by atoms with Gasteiger partial charge < -0.3 is 50.6 Å². The molecular weight excluding hydrogens is 959 g/mol. The second-order valence-corrected chi connectivity index (χ2v) is 18.0. The van der Waals surface area contributed by atoms with Gasteiger partial charge in [0.1, 0.15) is 45.8 Å². The Bertz CT molecular complexity index is 2660. The molecule has 1 heterocycles. The van der Waals surface area contributed by atoms with Crippen LogP contribution in [0.3, 0.4) is 0 Å². The Morgan fingerprint density at radius 1 is 0.743 bits per heavy atom. The van der Waals surface area contributed by atoms with Crippen LogP contribution in [0.4, 0.5) is 0 Å². The summed E-state index contributed by atoms with van der Waals surface area (Å²) in [7, 11) is 2.65. The highest BCUT2D eigenvalue weighted by Crippen LogP contribution is 2.42. The number of aliphatic imine (C=N–C) groups is 1. The van der Waals surface area contributed by atoms with E-state index in [0.29, 0.717) is 55.6 Å². The quantitative estimate of drug-likeness (QED) is 0.00827. The molecule has 2 aromatic carbocycles. The number of fused-ring (bicyclic) bond motifs is 2. The molecule has 406 valence electrons. The van der Waals surface area contributed by atoms with E-state index >= 15 is 0 Å². The lowest BCUT2D eigenvalue weighted by molar-refractivity contribution is -0.460. The smallest absolute Gasteiger partial charge is 0.338 e. The number of methoxy groups -OCH3 is 2. The number of quaternary nitrogens is 1. The van der Waals surface area contributed by atoms with E-state index in [1.165, 1.54) is 26.4 Å². The Morgan fingerprint density at radius 2 is 1.32 bits per heavy atom. The largest absolute Gasteiger partial charge is 0.507 e. The molecule has 0 fully saturated rings. The van der Waals surface area contributed by atoms with Crippen LogP contribution in [0.15, 0.2) is 49.6 Å². The number of phenolic OH excluding ortho intramolecular Hbond substituents is 1. The molecule has 0 radical (unpaired) electrons. The molecule has 23 heteroatoms. The first kappa shape index (κ1) is 60.6. The Hall–Kier alpha value is -7.69. The number of nitrogens with zero attached hydrogens (tertiary/aromatic N) is 1. The number of hydrogen-bond acceptors (Lipinski definition) is 12. The lowest BCUT2D eigenvalue weighted by Crippen LogP contribution is -2.78. The minimum absolute atomic E-state index is 0.00322. The van der Waals surface area contributed by atoms with E-state index < -0.39 is 47.1 Å². The first-order chi connectivity index (χ1) is 35.2. The Balaban J connectivity index is 1.98. The summed E-state index contributed by atoms with van der Waals surface area (Å²) in [5.74, 6) is -2.81. The van der Waals surface area contributed by atoms with Gasteiger partial charge in [-0.15, -0.1) is 0 Å². The molecule has 0 aliphatic rings. The van der Waals surface area contributed by atoms with E-state index in [-0.39, 0.29) is 134 Å². The van der Waals surface area contributed by atoms with Crippen molar-refractivity contribution in [1.29, 1.82) is 0 Å². The van der Waals surface area contributed by atoms with Crippen molar-refractivity contribution in [3.63, 3.8) is 0 Å². The second-order valence-electron chi connectivity index (χ2n) is 18.0. The molecule has 1 unspecified atom stereocenters. The summed E-state index contributed by atoms with van der Waals surface area (Å²) in [4.78, 5) is 89.5. The van der Waals surface area contributed by atoms with E-state index in [0.717, 1.165) is 11.1 Å². The molecule has 3 aromatic rings. The van der Waals surface area contributed by atoms with E-state index in [1.54, 1.807) is 0 Å². The summed E-state index contributed by atoms with van der Waals surface area (Å²) in [5, 5.41) is 17.4. The predicted octanol–water partition coefficient (Wildman–Crippen LogP) is -1.73. The highest BCUT2D eigenvalue weighted by Gasteiger charge is 2.29. The number of carbonyl (C=O) groups is 5. The summed E-state index contributed by atoms with van der Waals surface area (Å²) in [6.07, 6.45) is 6.85. The zero-order valence-corrected chi connectivity index (χ0v) is 43.7. The third-order valence-corrected chi connectivity index (χ3v) is 11.4. The number of amides is 4. The number of rotatable bonds is 32. The lowest BCUT2D eigenvalue weighted by atomic mass is 9.98. The van der Waals surface area contributed by atoms with Gasteiger partial charge in [0.05, 0.1) is 52.5 Å². The van der Waals surface area contributed by atoms with Crippen molar-refractivity contribution in [3.05, 3.63) is 56.8 Å². The van der Waals surface area contributed by atoms with E-state index in [2.05, 4.69) is 31.3 Å². The van der Waals surface area contributed by atoms with Gasteiger partial charge >= 0.3 is 17.9 Å². The van der Waals surface area contributed by atoms with Crippen LogP contribution >= 0.6 is 0 Å². The van der Waals surface area contributed by atoms with Crippen LogP contribution in [0.5, 0.6) is 23.0 Å². The molecule has 0 aliphatic heterocycles. The van der Waals surface area contributed by atoms with Crippen LogP contribution in [0, 0.1) is 0 Å². The van der Waals surface area contributed by atoms with Gasteiger partial charge in [-0.05, 0) is 98.3 Å². The number of nitrogens with two attached hydrogens (primary N) is 5. The van der Waals surface area contributed by atoms with Crippen molar-refractivity contribution >= 4 is 69.2 Å². The lowest BCUT2D eigenvalue weighted by Gasteiger charge is -2.22. The molecule has 74 heavy (non-hydrogen) atoms. The summed E-state index contributed by atoms with van der Waals surface area (Å²) in [5.41, 5.74) is 33.5. The molecule has 23 nitrogen and oxygen atoms in total. The topological polar surface area (TPSA) is 395 Å². The number of ether oxygens (including phenoxy) is 4. The third-order valence-electron chi connectivity index (χ3n) is 11.4. The summed E-state index contributed by atoms with van der Waals surface area (Å²) < 4.78 is 29.4. The van der Waals surface area contributed by atoms with Gasteiger partial charge in [-0.25, -0.2) is 9.79 Å². The predicted molar refractivity (Wildman–Crippen MR) is 280 cm³/mol. The van der Waals surface area contributed by atoms with Crippen molar-refractivity contribution in [1.82, 2.24) is 10.6 Å².